The van der Waals surface area contributed by atoms with Crippen molar-refractivity contribution in [2.75, 3.05) is 15.5 Å². The maximum atomic E-state index is 13.9. The van der Waals surface area contributed by atoms with Gasteiger partial charge in [0.2, 0.25) is 0 Å². The van der Waals surface area contributed by atoms with E-state index in [0.29, 0.717) is 29.1 Å². The number of hydrogen-bond donors (Lipinski definition) is 2. The Morgan fingerprint density at radius 2 is 1.64 bits per heavy atom. The molecule has 180 valence electrons. The molecule has 2 atom stereocenters. The number of furan rings is 2. The molecule has 2 aromatic carbocycles. The first kappa shape index (κ1) is 22.0. The van der Waals surface area contributed by atoms with Gasteiger partial charge in [0, 0.05) is 29.3 Å². The van der Waals surface area contributed by atoms with Crippen molar-refractivity contribution in [2.24, 2.45) is 0 Å². The third-order valence-corrected chi connectivity index (χ3v) is 6.77. The number of aryl methyl sites for hydroxylation is 1. The molecule has 2 amide bonds. The van der Waals surface area contributed by atoms with Crippen molar-refractivity contribution >= 4 is 28.9 Å². The summed E-state index contributed by atoms with van der Waals surface area (Å²) < 4.78 is 11.5. The quantitative estimate of drug-likeness (QED) is 0.338. The van der Waals surface area contributed by atoms with Crippen molar-refractivity contribution in [1.29, 1.82) is 0 Å². The minimum atomic E-state index is -0.735. The van der Waals surface area contributed by atoms with Gasteiger partial charge in [0.25, 0.3) is 0 Å². The lowest BCUT2D eigenvalue weighted by Gasteiger charge is -2.33. The number of urea groups is 1. The van der Waals surface area contributed by atoms with Gasteiger partial charge in [-0.1, -0.05) is 29.8 Å². The molecule has 1 aliphatic heterocycles. The fraction of sp³-hybridized carbons (Fsp3) is 0.172. The largest absolute Gasteiger partial charge is 0.469 e. The third kappa shape index (κ3) is 3.88. The van der Waals surface area contributed by atoms with E-state index in [4.69, 9.17) is 8.83 Å². The van der Waals surface area contributed by atoms with Crippen LogP contribution in [0.15, 0.2) is 105 Å². The number of carbonyl (C=O) groups is 2. The molecule has 6 rings (SSSR count). The molecule has 7 heteroatoms. The zero-order chi connectivity index (χ0) is 24.6. The van der Waals surface area contributed by atoms with E-state index in [1.165, 1.54) is 0 Å². The number of rotatable bonds is 3. The Kier molecular flexibility index (Phi) is 5.45. The van der Waals surface area contributed by atoms with Crippen molar-refractivity contribution in [3.63, 3.8) is 0 Å². The van der Waals surface area contributed by atoms with Crippen LogP contribution in [0.2, 0.25) is 0 Å². The van der Waals surface area contributed by atoms with E-state index in [1.54, 1.807) is 29.6 Å². The predicted octanol–water partition coefficient (Wildman–Crippen LogP) is 6.79. The first-order valence-electron chi connectivity index (χ1n) is 11.9. The van der Waals surface area contributed by atoms with Crippen molar-refractivity contribution in [3.8, 4) is 0 Å². The van der Waals surface area contributed by atoms with Gasteiger partial charge < -0.3 is 19.5 Å². The summed E-state index contributed by atoms with van der Waals surface area (Å²) in [7, 11) is 0. The Morgan fingerprint density at radius 1 is 0.917 bits per heavy atom. The van der Waals surface area contributed by atoms with Crippen LogP contribution in [-0.2, 0) is 4.79 Å². The Bertz CT molecular complexity index is 1440. The van der Waals surface area contributed by atoms with Gasteiger partial charge >= 0.3 is 6.03 Å². The van der Waals surface area contributed by atoms with Gasteiger partial charge in [-0.3, -0.25) is 9.69 Å². The summed E-state index contributed by atoms with van der Waals surface area (Å²) in [6.07, 6.45) is 4.06. The molecular formula is C29H25N3O4. The maximum Gasteiger partial charge on any atom is 0.327 e. The number of carbonyl (C=O) groups excluding carboxylic acids is 2. The minimum absolute atomic E-state index is 0.0486. The fourth-order valence-corrected chi connectivity index (χ4v) is 5.07. The molecule has 2 N–H and O–H groups in total. The Balaban J connectivity index is 1.49. The van der Waals surface area contributed by atoms with E-state index in [1.807, 2.05) is 67.6 Å². The molecule has 3 heterocycles. The molecule has 2 aromatic heterocycles. The molecule has 0 fully saturated rings. The van der Waals surface area contributed by atoms with Gasteiger partial charge in [-0.05, 0) is 61.9 Å². The molecule has 7 nitrogen and oxygen atoms in total. The summed E-state index contributed by atoms with van der Waals surface area (Å²) in [5.41, 5.74) is 4.46. The van der Waals surface area contributed by atoms with Crippen LogP contribution >= 0.6 is 0 Å². The number of fused-ring (bicyclic) bond motifs is 1. The number of allylic oxidation sites excluding steroid dienone is 1. The van der Waals surface area contributed by atoms with Gasteiger partial charge in [-0.25, -0.2) is 4.79 Å². The topological polar surface area (TPSA) is 87.7 Å². The summed E-state index contributed by atoms with van der Waals surface area (Å²) in [5, 5.41) is 6.50. The molecule has 0 radical (unpaired) electrons. The molecule has 36 heavy (non-hydrogen) atoms. The van der Waals surface area contributed by atoms with E-state index in [0.717, 1.165) is 22.7 Å². The molecule has 0 saturated heterocycles. The second-order valence-electron chi connectivity index (χ2n) is 9.16. The zero-order valence-corrected chi connectivity index (χ0v) is 19.7. The van der Waals surface area contributed by atoms with Gasteiger partial charge in [0.15, 0.2) is 5.78 Å². The molecule has 0 spiro atoms. The second-order valence-corrected chi connectivity index (χ2v) is 9.16. The highest BCUT2D eigenvalue weighted by Gasteiger charge is 2.43. The Labute approximate surface area is 208 Å². The first-order valence-corrected chi connectivity index (χ1v) is 11.9. The van der Waals surface area contributed by atoms with Crippen LogP contribution in [0.4, 0.5) is 21.9 Å². The SMILES string of the molecule is Cc1ccc(NC(=O)N2c3ccccc3NC3=C(C(=O)C[C@@H](c4ccco4)C3)[C@@H]2c2ccco2)cc1. The smallest absolute Gasteiger partial charge is 0.327 e. The number of hydrogen-bond acceptors (Lipinski definition) is 5. The van der Waals surface area contributed by atoms with Crippen LogP contribution in [-0.4, -0.2) is 11.8 Å². The average Bonchev–Trinajstić information content (AvgIpc) is 3.58. The molecule has 0 bridgehead atoms. The normalized spacial score (nSPS) is 19.2. The van der Waals surface area contributed by atoms with E-state index < -0.39 is 6.04 Å². The molecule has 0 unspecified atom stereocenters. The van der Waals surface area contributed by atoms with Crippen LogP contribution in [0, 0.1) is 6.92 Å². The highest BCUT2D eigenvalue weighted by molar-refractivity contribution is 6.09. The monoisotopic (exact) mass is 479 g/mol. The van der Waals surface area contributed by atoms with Crippen molar-refractivity contribution in [2.45, 2.75) is 31.7 Å². The van der Waals surface area contributed by atoms with E-state index in [2.05, 4.69) is 10.6 Å². The van der Waals surface area contributed by atoms with Crippen LogP contribution in [0.25, 0.3) is 0 Å². The molecule has 4 aromatic rings. The fourth-order valence-electron chi connectivity index (χ4n) is 5.07. The predicted molar refractivity (Wildman–Crippen MR) is 137 cm³/mol. The van der Waals surface area contributed by atoms with Gasteiger partial charge in [-0.15, -0.1) is 0 Å². The molecule has 1 aliphatic carbocycles. The second kappa shape index (κ2) is 8.92. The summed E-state index contributed by atoms with van der Waals surface area (Å²) in [5.74, 6) is 1.16. The first-order chi connectivity index (χ1) is 17.6. The lowest BCUT2D eigenvalue weighted by atomic mass is 9.81. The van der Waals surface area contributed by atoms with Crippen LogP contribution in [0.1, 0.15) is 41.9 Å². The highest BCUT2D eigenvalue weighted by atomic mass is 16.3. The Morgan fingerprint density at radius 3 is 2.36 bits per heavy atom. The minimum Gasteiger partial charge on any atom is -0.469 e. The van der Waals surface area contributed by atoms with Gasteiger partial charge in [0.05, 0.1) is 23.9 Å². The number of nitrogens with one attached hydrogen (secondary N) is 2. The average molecular weight is 480 g/mol. The zero-order valence-electron chi connectivity index (χ0n) is 19.7. The molecule has 2 aliphatic rings. The van der Waals surface area contributed by atoms with Crippen LogP contribution < -0.4 is 15.5 Å². The van der Waals surface area contributed by atoms with Crippen molar-refractivity contribution in [1.82, 2.24) is 0 Å². The number of para-hydroxylation sites is 2. The number of anilines is 3. The lowest BCUT2D eigenvalue weighted by molar-refractivity contribution is -0.116. The number of Topliss-reactive ketones (excluding diaryl/α,β-unsaturated/α-hetero) is 1. The van der Waals surface area contributed by atoms with Crippen molar-refractivity contribution < 1.29 is 18.4 Å². The number of nitrogens with zero attached hydrogens (tertiary/aromatic N) is 1. The number of amides is 2. The summed E-state index contributed by atoms with van der Waals surface area (Å²) in [4.78, 5) is 29.3. The van der Waals surface area contributed by atoms with Gasteiger partial charge in [0.1, 0.15) is 17.6 Å². The highest BCUT2D eigenvalue weighted by Crippen LogP contribution is 2.47. The summed E-state index contributed by atoms with van der Waals surface area (Å²) in [6.45, 7) is 1.99. The standard InChI is InChI=1S/C29H25N3O4/c1-18-10-12-20(13-11-18)30-29(34)32-23-7-3-2-6-21(23)31-22-16-19(25-8-4-14-35-25)17-24(33)27(22)28(32)26-9-5-15-36-26/h2-15,19,28,31H,16-17H2,1H3,(H,30,34)/t19-,28-/m0/s1. The maximum absolute atomic E-state index is 13.9. The van der Waals surface area contributed by atoms with Crippen LogP contribution in [0.3, 0.4) is 0 Å². The van der Waals surface area contributed by atoms with E-state index in [9.17, 15) is 9.59 Å². The number of benzene rings is 2. The lowest BCUT2D eigenvalue weighted by Crippen LogP contribution is -2.40. The number of ketones is 1. The molecule has 0 saturated carbocycles. The van der Waals surface area contributed by atoms with Crippen molar-refractivity contribution in [3.05, 3.63) is 114 Å². The van der Waals surface area contributed by atoms with Gasteiger partial charge in [-0.2, -0.15) is 0 Å². The summed E-state index contributed by atoms with van der Waals surface area (Å²) >= 11 is 0. The Hall–Kier alpha value is -4.52. The summed E-state index contributed by atoms with van der Waals surface area (Å²) in [6, 6.07) is 21.4. The van der Waals surface area contributed by atoms with E-state index >= 15 is 0 Å². The molecular weight excluding hydrogens is 454 g/mol. The third-order valence-electron chi connectivity index (χ3n) is 6.77. The van der Waals surface area contributed by atoms with E-state index in [-0.39, 0.29) is 24.2 Å². The van der Waals surface area contributed by atoms with Crippen LogP contribution in [0.5, 0.6) is 0 Å².